The minimum absolute atomic E-state index is 0.219. The average Bonchev–Trinajstić information content (AvgIpc) is 2.99. The molecule has 0 aromatic carbocycles. The molecule has 0 aliphatic rings. The normalized spacial score (nSPS) is 13.7. The Labute approximate surface area is 130 Å². The van der Waals surface area contributed by atoms with Crippen LogP contribution in [0.4, 0.5) is 0 Å². The van der Waals surface area contributed by atoms with Gasteiger partial charge in [-0.05, 0) is 37.4 Å². The van der Waals surface area contributed by atoms with E-state index >= 15 is 0 Å². The number of aryl methyl sites for hydroxylation is 1. The Morgan fingerprint density at radius 1 is 1.30 bits per heavy atom. The Morgan fingerprint density at radius 2 is 2.05 bits per heavy atom. The van der Waals surface area contributed by atoms with Crippen molar-refractivity contribution in [1.82, 2.24) is 10.3 Å². The summed E-state index contributed by atoms with van der Waals surface area (Å²) in [7, 11) is 0. The molecule has 0 bridgehead atoms. The minimum Gasteiger partial charge on any atom is -0.304 e. The minimum atomic E-state index is 0.219. The topological polar surface area (TPSA) is 24.9 Å². The van der Waals surface area contributed by atoms with E-state index in [-0.39, 0.29) is 11.5 Å². The third-order valence-electron chi connectivity index (χ3n) is 3.13. The van der Waals surface area contributed by atoms with E-state index < -0.39 is 0 Å². The number of nitrogens with one attached hydrogen (secondary N) is 1. The number of aromatic nitrogens is 1. The molecule has 2 aromatic heterocycles. The first kappa shape index (κ1) is 15.7. The highest BCUT2D eigenvalue weighted by atomic mass is 32.1. The predicted molar refractivity (Wildman–Crippen MR) is 90.0 cm³/mol. The van der Waals surface area contributed by atoms with Crippen LogP contribution in [0, 0.1) is 6.92 Å². The standard InChI is InChI=1S/C16H24N2S2/c1-6-9-17-14(15-18-11(2)10-19-15)12-7-8-13(20-12)16(3,4)5/h7-8,10,14,17H,6,9H2,1-5H3. The molecule has 0 amide bonds. The molecule has 4 heteroatoms. The van der Waals surface area contributed by atoms with E-state index in [9.17, 15) is 0 Å². The van der Waals surface area contributed by atoms with Gasteiger partial charge in [0.15, 0.2) is 0 Å². The lowest BCUT2D eigenvalue weighted by atomic mass is 9.95. The molecule has 2 rings (SSSR count). The van der Waals surface area contributed by atoms with Gasteiger partial charge in [-0.2, -0.15) is 0 Å². The first-order valence-electron chi connectivity index (χ1n) is 7.17. The Bertz CT molecular complexity index is 549. The van der Waals surface area contributed by atoms with E-state index in [1.54, 1.807) is 11.3 Å². The van der Waals surface area contributed by atoms with Crippen LogP contribution in [-0.2, 0) is 5.41 Å². The van der Waals surface area contributed by atoms with Gasteiger partial charge in [-0.15, -0.1) is 22.7 Å². The number of nitrogens with zero attached hydrogens (tertiary/aromatic N) is 1. The fraction of sp³-hybridized carbons (Fsp3) is 0.562. The monoisotopic (exact) mass is 308 g/mol. The van der Waals surface area contributed by atoms with E-state index in [0.717, 1.165) is 18.7 Å². The molecule has 110 valence electrons. The fourth-order valence-corrected chi connectivity index (χ4v) is 4.12. The van der Waals surface area contributed by atoms with Crippen LogP contribution in [0.3, 0.4) is 0 Å². The molecule has 0 fully saturated rings. The van der Waals surface area contributed by atoms with Crippen molar-refractivity contribution < 1.29 is 0 Å². The maximum absolute atomic E-state index is 4.67. The summed E-state index contributed by atoms with van der Waals surface area (Å²) < 4.78 is 0. The molecule has 0 saturated heterocycles. The van der Waals surface area contributed by atoms with Crippen molar-refractivity contribution in [1.29, 1.82) is 0 Å². The molecule has 20 heavy (non-hydrogen) atoms. The number of thiophene rings is 1. The molecule has 2 aromatic rings. The van der Waals surface area contributed by atoms with E-state index in [1.807, 2.05) is 11.3 Å². The van der Waals surface area contributed by atoms with Crippen LogP contribution in [0.25, 0.3) is 0 Å². The molecule has 0 spiro atoms. The summed E-state index contributed by atoms with van der Waals surface area (Å²) in [5, 5.41) is 6.95. The number of rotatable bonds is 5. The van der Waals surface area contributed by atoms with Gasteiger partial charge in [-0.1, -0.05) is 27.7 Å². The lowest BCUT2D eigenvalue weighted by Gasteiger charge is -2.17. The van der Waals surface area contributed by atoms with Crippen LogP contribution in [-0.4, -0.2) is 11.5 Å². The second kappa shape index (κ2) is 6.37. The van der Waals surface area contributed by atoms with Crippen LogP contribution < -0.4 is 5.32 Å². The van der Waals surface area contributed by atoms with Gasteiger partial charge in [-0.3, -0.25) is 0 Å². The highest BCUT2D eigenvalue weighted by Crippen LogP contribution is 2.35. The van der Waals surface area contributed by atoms with E-state index in [1.165, 1.54) is 14.8 Å². The second-order valence-electron chi connectivity index (χ2n) is 6.17. The second-order valence-corrected chi connectivity index (χ2v) is 8.17. The number of hydrogen-bond acceptors (Lipinski definition) is 4. The summed E-state index contributed by atoms with van der Waals surface area (Å²) in [5.41, 5.74) is 1.33. The van der Waals surface area contributed by atoms with E-state index in [4.69, 9.17) is 0 Å². The Hall–Kier alpha value is -0.710. The summed E-state index contributed by atoms with van der Waals surface area (Å²) in [5.74, 6) is 0. The Kier molecular flexibility index (Phi) is 4.99. The van der Waals surface area contributed by atoms with E-state index in [2.05, 4.69) is 62.4 Å². The van der Waals surface area contributed by atoms with Gasteiger partial charge < -0.3 is 5.32 Å². The van der Waals surface area contributed by atoms with Crippen LogP contribution in [0.5, 0.6) is 0 Å². The van der Waals surface area contributed by atoms with Gasteiger partial charge in [0, 0.05) is 20.8 Å². The van der Waals surface area contributed by atoms with Gasteiger partial charge in [0.1, 0.15) is 5.01 Å². The van der Waals surface area contributed by atoms with Crippen molar-refractivity contribution in [2.75, 3.05) is 6.54 Å². The van der Waals surface area contributed by atoms with Crippen molar-refractivity contribution in [2.45, 2.75) is 52.5 Å². The third kappa shape index (κ3) is 3.68. The van der Waals surface area contributed by atoms with Crippen LogP contribution in [0.2, 0.25) is 0 Å². The first-order valence-corrected chi connectivity index (χ1v) is 8.87. The molecule has 2 nitrogen and oxygen atoms in total. The van der Waals surface area contributed by atoms with Gasteiger partial charge in [0.2, 0.25) is 0 Å². The lowest BCUT2D eigenvalue weighted by molar-refractivity contribution is 0.601. The van der Waals surface area contributed by atoms with Crippen molar-refractivity contribution in [3.8, 4) is 0 Å². The van der Waals surface area contributed by atoms with Gasteiger partial charge >= 0.3 is 0 Å². The summed E-state index contributed by atoms with van der Waals surface area (Å²) in [4.78, 5) is 7.48. The summed E-state index contributed by atoms with van der Waals surface area (Å²) in [6, 6.07) is 4.77. The lowest BCUT2D eigenvalue weighted by Crippen LogP contribution is -2.22. The number of hydrogen-bond donors (Lipinski definition) is 1. The average molecular weight is 309 g/mol. The Morgan fingerprint density at radius 3 is 2.55 bits per heavy atom. The fourth-order valence-electron chi connectivity index (χ4n) is 2.01. The maximum Gasteiger partial charge on any atom is 0.115 e. The maximum atomic E-state index is 4.67. The molecule has 0 radical (unpaired) electrons. The molecule has 1 unspecified atom stereocenters. The quantitative estimate of drug-likeness (QED) is 0.850. The first-order chi connectivity index (χ1) is 9.41. The van der Waals surface area contributed by atoms with Crippen LogP contribution in [0.1, 0.15) is 60.6 Å². The van der Waals surface area contributed by atoms with Gasteiger partial charge in [0.25, 0.3) is 0 Å². The molecular formula is C16H24N2S2. The van der Waals surface area contributed by atoms with E-state index in [0.29, 0.717) is 0 Å². The molecule has 0 aliphatic heterocycles. The molecule has 1 N–H and O–H groups in total. The zero-order valence-corrected chi connectivity index (χ0v) is 14.6. The summed E-state index contributed by atoms with van der Waals surface area (Å²) in [6.07, 6.45) is 1.14. The summed E-state index contributed by atoms with van der Waals surface area (Å²) in [6.45, 7) is 12.1. The molecule has 0 aliphatic carbocycles. The highest BCUT2D eigenvalue weighted by Gasteiger charge is 2.22. The van der Waals surface area contributed by atoms with Crippen LogP contribution >= 0.6 is 22.7 Å². The smallest absolute Gasteiger partial charge is 0.115 e. The molecular weight excluding hydrogens is 284 g/mol. The van der Waals surface area contributed by atoms with Crippen molar-refractivity contribution in [3.05, 3.63) is 38.0 Å². The molecule has 0 saturated carbocycles. The number of thiazole rings is 1. The van der Waals surface area contributed by atoms with Crippen molar-refractivity contribution in [2.24, 2.45) is 0 Å². The summed E-state index contributed by atoms with van der Waals surface area (Å²) >= 11 is 3.66. The molecule has 2 heterocycles. The van der Waals surface area contributed by atoms with Crippen molar-refractivity contribution in [3.63, 3.8) is 0 Å². The zero-order chi connectivity index (χ0) is 14.8. The highest BCUT2D eigenvalue weighted by molar-refractivity contribution is 7.13. The third-order valence-corrected chi connectivity index (χ3v) is 5.74. The van der Waals surface area contributed by atoms with Gasteiger partial charge in [0.05, 0.1) is 6.04 Å². The van der Waals surface area contributed by atoms with Gasteiger partial charge in [-0.25, -0.2) is 4.98 Å². The zero-order valence-electron chi connectivity index (χ0n) is 13.0. The van der Waals surface area contributed by atoms with Crippen molar-refractivity contribution >= 4 is 22.7 Å². The Balaban J connectivity index is 2.29. The van der Waals surface area contributed by atoms with Crippen LogP contribution in [0.15, 0.2) is 17.5 Å². The molecule has 1 atom stereocenters. The largest absolute Gasteiger partial charge is 0.304 e. The predicted octanol–water partition coefficient (Wildman–Crippen LogP) is 4.90. The SMILES string of the molecule is CCCNC(c1ccc(C(C)(C)C)s1)c1nc(C)cs1.